The quantitative estimate of drug-likeness (QED) is 0.927. The van der Waals surface area contributed by atoms with E-state index in [1.807, 2.05) is 6.92 Å². The first-order chi connectivity index (χ1) is 9.72. The molecule has 1 aromatic carbocycles. The SMILES string of the molecule is Cc1ccc2cc(CN[C@@H](C)[C@H]3CCOC3)ccc2n1. The van der Waals surface area contributed by atoms with E-state index in [4.69, 9.17) is 4.74 Å². The predicted molar refractivity (Wildman–Crippen MR) is 81.7 cm³/mol. The van der Waals surface area contributed by atoms with Crippen molar-refractivity contribution in [2.75, 3.05) is 13.2 Å². The van der Waals surface area contributed by atoms with E-state index in [1.165, 1.54) is 17.4 Å². The molecule has 0 spiro atoms. The fourth-order valence-electron chi connectivity index (χ4n) is 2.78. The van der Waals surface area contributed by atoms with Gasteiger partial charge in [-0.1, -0.05) is 12.1 Å². The van der Waals surface area contributed by atoms with Crippen molar-refractivity contribution >= 4 is 10.9 Å². The van der Waals surface area contributed by atoms with Crippen LogP contribution in [0.3, 0.4) is 0 Å². The Kier molecular flexibility index (Phi) is 3.99. The summed E-state index contributed by atoms with van der Waals surface area (Å²) in [5, 5.41) is 4.83. The Labute approximate surface area is 120 Å². The molecule has 1 aliphatic rings. The zero-order valence-corrected chi connectivity index (χ0v) is 12.2. The molecule has 1 saturated heterocycles. The van der Waals surface area contributed by atoms with Gasteiger partial charge in [-0.15, -0.1) is 0 Å². The fourth-order valence-corrected chi connectivity index (χ4v) is 2.78. The number of hydrogen-bond donors (Lipinski definition) is 1. The minimum absolute atomic E-state index is 0.504. The average Bonchev–Trinajstić information content (AvgIpc) is 2.99. The van der Waals surface area contributed by atoms with E-state index >= 15 is 0 Å². The second-order valence-electron chi connectivity index (χ2n) is 5.77. The lowest BCUT2D eigenvalue weighted by Crippen LogP contribution is -2.33. The van der Waals surface area contributed by atoms with Gasteiger partial charge >= 0.3 is 0 Å². The third-order valence-corrected chi connectivity index (χ3v) is 4.19. The van der Waals surface area contributed by atoms with Crippen LogP contribution in [0.1, 0.15) is 24.6 Å². The molecule has 2 atom stereocenters. The van der Waals surface area contributed by atoms with Crippen LogP contribution >= 0.6 is 0 Å². The number of benzene rings is 1. The average molecular weight is 270 g/mol. The number of pyridine rings is 1. The predicted octanol–water partition coefficient (Wildman–Crippen LogP) is 3.06. The van der Waals surface area contributed by atoms with Crippen molar-refractivity contribution in [3.8, 4) is 0 Å². The Morgan fingerprint density at radius 2 is 2.25 bits per heavy atom. The largest absolute Gasteiger partial charge is 0.381 e. The minimum atomic E-state index is 0.504. The molecule has 0 unspecified atom stereocenters. The maximum Gasteiger partial charge on any atom is 0.0705 e. The standard InChI is InChI=1S/C17H22N2O/c1-12-3-5-15-9-14(4-6-17(15)19-12)10-18-13(2)16-7-8-20-11-16/h3-6,9,13,16,18H,7-8,10-11H2,1-2H3/t13-,16-/m0/s1. The first-order valence-corrected chi connectivity index (χ1v) is 7.40. The molecule has 20 heavy (non-hydrogen) atoms. The van der Waals surface area contributed by atoms with Gasteiger partial charge < -0.3 is 10.1 Å². The second kappa shape index (κ2) is 5.90. The van der Waals surface area contributed by atoms with E-state index in [1.54, 1.807) is 0 Å². The van der Waals surface area contributed by atoms with Crippen LogP contribution in [0.15, 0.2) is 30.3 Å². The number of rotatable bonds is 4. The summed E-state index contributed by atoms with van der Waals surface area (Å²) in [6, 6.07) is 11.2. The number of ether oxygens (including phenoxy) is 1. The van der Waals surface area contributed by atoms with Crippen molar-refractivity contribution in [1.29, 1.82) is 0 Å². The zero-order valence-electron chi connectivity index (χ0n) is 12.2. The van der Waals surface area contributed by atoms with Crippen molar-refractivity contribution in [3.63, 3.8) is 0 Å². The number of nitrogens with zero attached hydrogens (tertiary/aromatic N) is 1. The van der Waals surface area contributed by atoms with Crippen LogP contribution in [-0.4, -0.2) is 24.2 Å². The highest BCUT2D eigenvalue weighted by molar-refractivity contribution is 5.79. The Morgan fingerprint density at radius 3 is 3.05 bits per heavy atom. The van der Waals surface area contributed by atoms with Crippen molar-refractivity contribution in [2.24, 2.45) is 5.92 Å². The summed E-state index contributed by atoms with van der Waals surface area (Å²) in [6.45, 7) is 7.00. The molecular formula is C17H22N2O. The molecule has 3 heteroatoms. The van der Waals surface area contributed by atoms with Crippen LogP contribution in [0.25, 0.3) is 10.9 Å². The smallest absolute Gasteiger partial charge is 0.0705 e. The number of fused-ring (bicyclic) bond motifs is 1. The van der Waals surface area contributed by atoms with Crippen molar-refractivity contribution < 1.29 is 4.74 Å². The highest BCUT2D eigenvalue weighted by atomic mass is 16.5. The number of aromatic nitrogens is 1. The Balaban J connectivity index is 1.66. The topological polar surface area (TPSA) is 34.1 Å². The van der Waals surface area contributed by atoms with Crippen LogP contribution in [0.5, 0.6) is 0 Å². The van der Waals surface area contributed by atoms with Gasteiger partial charge in [-0.25, -0.2) is 0 Å². The molecule has 0 radical (unpaired) electrons. The van der Waals surface area contributed by atoms with E-state index in [0.717, 1.165) is 31.0 Å². The summed E-state index contributed by atoms with van der Waals surface area (Å²) in [5.74, 6) is 0.653. The van der Waals surface area contributed by atoms with Crippen molar-refractivity contribution in [2.45, 2.75) is 32.9 Å². The Morgan fingerprint density at radius 1 is 1.35 bits per heavy atom. The summed E-state index contributed by atoms with van der Waals surface area (Å²) in [7, 11) is 0. The van der Waals surface area contributed by atoms with Crippen LogP contribution in [0, 0.1) is 12.8 Å². The van der Waals surface area contributed by atoms with Gasteiger partial charge in [0.25, 0.3) is 0 Å². The third-order valence-electron chi connectivity index (χ3n) is 4.19. The molecular weight excluding hydrogens is 248 g/mol. The Hall–Kier alpha value is -1.45. The van der Waals surface area contributed by atoms with Crippen LogP contribution in [0.2, 0.25) is 0 Å². The van der Waals surface area contributed by atoms with Crippen molar-refractivity contribution in [1.82, 2.24) is 10.3 Å². The summed E-state index contributed by atoms with van der Waals surface area (Å²) in [6.07, 6.45) is 1.18. The van der Waals surface area contributed by atoms with Gasteiger partial charge in [0.05, 0.1) is 12.1 Å². The third kappa shape index (κ3) is 3.00. The van der Waals surface area contributed by atoms with Gasteiger partial charge in [-0.2, -0.15) is 0 Å². The van der Waals surface area contributed by atoms with E-state index < -0.39 is 0 Å². The highest BCUT2D eigenvalue weighted by Gasteiger charge is 2.21. The summed E-state index contributed by atoms with van der Waals surface area (Å²) < 4.78 is 5.45. The van der Waals surface area contributed by atoms with Crippen LogP contribution < -0.4 is 5.32 Å². The molecule has 3 nitrogen and oxygen atoms in total. The molecule has 1 aliphatic heterocycles. The molecule has 2 heterocycles. The lowest BCUT2D eigenvalue weighted by molar-refractivity contribution is 0.178. The molecule has 1 aromatic heterocycles. The molecule has 3 rings (SSSR count). The second-order valence-corrected chi connectivity index (χ2v) is 5.77. The van der Waals surface area contributed by atoms with E-state index in [2.05, 4.69) is 47.6 Å². The number of hydrogen-bond acceptors (Lipinski definition) is 3. The van der Waals surface area contributed by atoms with E-state index in [9.17, 15) is 0 Å². The zero-order chi connectivity index (χ0) is 13.9. The van der Waals surface area contributed by atoms with E-state index in [-0.39, 0.29) is 0 Å². The molecule has 1 N–H and O–H groups in total. The van der Waals surface area contributed by atoms with Gasteiger partial charge in [0.1, 0.15) is 0 Å². The number of nitrogens with one attached hydrogen (secondary N) is 1. The maximum atomic E-state index is 5.45. The molecule has 0 aliphatic carbocycles. The molecule has 106 valence electrons. The van der Waals surface area contributed by atoms with E-state index in [0.29, 0.717) is 12.0 Å². The first-order valence-electron chi connectivity index (χ1n) is 7.40. The van der Waals surface area contributed by atoms with Gasteiger partial charge in [0.2, 0.25) is 0 Å². The normalized spacial score (nSPS) is 20.4. The molecule has 0 amide bonds. The monoisotopic (exact) mass is 270 g/mol. The van der Waals surface area contributed by atoms with Gasteiger partial charge in [-0.05, 0) is 49.9 Å². The number of aryl methyl sites for hydroxylation is 1. The highest BCUT2D eigenvalue weighted by Crippen LogP contribution is 2.18. The van der Waals surface area contributed by atoms with Crippen LogP contribution in [0.4, 0.5) is 0 Å². The lowest BCUT2D eigenvalue weighted by atomic mass is 10.0. The molecule has 1 fully saturated rings. The molecule has 2 aromatic rings. The van der Waals surface area contributed by atoms with Gasteiger partial charge in [0, 0.05) is 30.3 Å². The molecule has 0 bridgehead atoms. The first kappa shape index (κ1) is 13.5. The summed E-state index contributed by atoms with van der Waals surface area (Å²) in [4.78, 5) is 4.54. The van der Waals surface area contributed by atoms with Gasteiger partial charge in [-0.3, -0.25) is 4.98 Å². The Bertz CT molecular complexity index is 591. The maximum absolute atomic E-state index is 5.45. The summed E-state index contributed by atoms with van der Waals surface area (Å²) in [5.41, 5.74) is 3.46. The van der Waals surface area contributed by atoms with Gasteiger partial charge in [0.15, 0.2) is 0 Å². The summed E-state index contributed by atoms with van der Waals surface area (Å²) >= 11 is 0. The lowest BCUT2D eigenvalue weighted by Gasteiger charge is -2.19. The minimum Gasteiger partial charge on any atom is -0.381 e. The molecule has 0 saturated carbocycles. The van der Waals surface area contributed by atoms with Crippen LogP contribution in [-0.2, 0) is 11.3 Å². The van der Waals surface area contributed by atoms with Crippen molar-refractivity contribution in [3.05, 3.63) is 41.6 Å². The fraction of sp³-hybridized carbons (Fsp3) is 0.471.